The van der Waals surface area contributed by atoms with Crippen molar-refractivity contribution in [2.24, 2.45) is 0 Å². The Hall–Kier alpha value is -1.69. The second kappa shape index (κ2) is 5.30. The zero-order valence-corrected chi connectivity index (χ0v) is 11.3. The van der Waals surface area contributed by atoms with Crippen LogP contribution in [0.5, 0.6) is 0 Å². The molecule has 96 valence electrons. The van der Waals surface area contributed by atoms with Gasteiger partial charge in [-0.2, -0.15) is 5.10 Å². The van der Waals surface area contributed by atoms with Gasteiger partial charge in [-0.1, -0.05) is 13.3 Å². The number of anilines is 1. The minimum absolute atomic E-state index is 0.0978. The smallest absolute Gasteiger partial charge is 0.276 e. The van der Waals surface area contributed by atoms with Crippen LogP contribution in [0.4, 0.5) is 5.13 Å². The fourth-order valence-electron chi connectivity index (χ4n) is 1.73. The van der Waals surface area contributed by atoms with E-state index in [0.29, 0.717) is 22.9 Å². The molecule has 0 spiro atoms. The minimum atomic E-state index is -0.0978. The second-order valence-corrected chi connectivity index (χ2v) is 5.04. The van der Waals surface area contributed by atoms with Crippen molar-refractivity contribution < 1.29 is 0 Å². The molecule has 0 saturated carbocycles. The lowest BCUT2D eigenvalue weighted by atomic mass is 10.2. The van der Waals surface area contributed by atoms with Gasteiger partial charge in [0.25, 0.3) is 5.56 Å². The van der Waals surface area contributed by atoms with Crippen molar-refractivity contribution in [3.8, 4) is 11.3 Å². The number of nitrogens with zero attached hydrogens (tertiary/aromatic N) is 3. The topological polar surface area (TPSA) is 73.8 Å². The van der Waals surface area contributed by atoms with E-state index in [-0.39, 0.29) is 5.56 Å². The van der Waals surface area contributed by atoms with Crippen LogP contribution >= 0.6 is 11.3 Å². The van der Waals surface area contributed by atoms with Gasteiger partial charge in [-0.05, 0) is 19.4 Å². The standard InChI is InChI=1S/C12H16N4OS/c1-3-4-5-16-11(17)9(6-8(2)15-16)10-7-18-12(13)14-10/h6-7H,3-5H2,1-2H3,(H2,13,14). The Labute approximate surface area is 109 Å². The predicted octanol–water partition coefficient (Wildman–Crippen LogP) is 2.06. The van der Waals surface area contributed by atoms with Crippen molar-refractivity contribution in [3.05, 3.63) is 27.5 Å². The molecule has 0 aliphatic rings. The molecule has 5 nitrogen and oxygen atoms in total. The maximum absolute atomic E-state index is 12.3. The summed E-state index contributed by atoms with van der Waals surface area (Å²) in [5, 5.41) is 6.52. The van der Waals surface area contributed by atoms with Gasteiger partial charge in [0.15, 0.2) is 5.13 Å². The van der Waals surface area contributed by atoms with E-state index < -0.39 is 0 Å². The molecule has 0 unspecified atom stereocenters. The molecule has 0 aromatic carbocycles. The molecule has 2 heterocycles. The van der Waals surface area contributed by atoms with Crippen LogP contribution < -0.4 is 11.3 Å². The summed E-state index contributed by atoms with van der Waals surface area (Å²) in [5.41, 5.74) is 7.53. The van der Waals surface area contributed by atoms with Gasteiger partial charge in [0.1, 0.15) is 0 Å². The van der Waals surface area contributed by atoms with Crippen molar-refractivity contribution in [1.29, 1.82) is 0 Å². The molecule has 2 rings (SSSR count). The van der Waals surface area contributed by atoms with Crippen LogP contribution in [0, 0.1) is 6.92 Å². The maximum Gasteiger partial charge on any atom is 0.276 e. The van der Waals surface area contributed by atoms with E-state index in [1.807, 2.05) is 6.92 Å². The molecule has 2 aromatic rings. The number of thiazole rings is 1. The quantitative estimate of drug-likeness (QED) is 0.917. The van der Waals surface area contributed by atoms with Crippen LogP contribution in [0.2, 0.25) is 0 Å². The van der Waals surface area contributed by atoms with Crippen LogP contribution in [0.25, 0.3) is 11.3 Å². The third-order valence-electron chi connectivity index (χ3n) is 2.62. The van der Waals surface area contributed by atoms with E-state index in [4.69, 9.17) is 5.73 Å². The first-order chi connectivity index (χ1) is 8.61. The van der Waals surface area contributed by atoms with Gasteiger partial charge in [-0.25, -0.2) is 9.67 Å². The fourth-order valence-corrected chi connectivity index (χ4v) is 2.29. The Kier molecular flexibility index (Phi) is 3.76. The lowest BCUT2D eigenvalue weighted by molar-refractivity contribution is 0.538. The summed E-state index contributed by atoms with van der Waals surface area (Å²) in [4.78, 5) is 16.4. The average Bonchev–Trinajstić information content (AvgIpc) is 2.76. The summed E-state index contributed by atoms with van der Waals surface area (Å²) < 4.78 is 1.52. The average molecular weight is 264 g/mol. The molecule has 18 heavy (non-hydrogen) atoms. The van der Waals surface area contributed by atoms with Gasteiger partial charge < -0.3 is 5.73 Å². The fraction of sp³-hybridized carbons (Fsp3) is 0.417. The molecular formula is C12H16N4OS. The molecule has 0 aliphatic carbocycles. The largest absolute Gasteiger partial charge is 0.375 e. The molecule has 0 fully saturated rings. The Bertz CT molecular complexity index is 602. The van der Waals surface area contributed by atoms with Gasteiger partial charge in [0, 0.05) is 11.9 Å². The van der Waals surface area contributed by atoms with Crippen LogP contribution in [-0.4, -0.2) is 14.8 Å². The Morgan fingerprint density at radius 3 is 2.89 bits per heavy atom. The summed E-state index contributed by atoms with van der Waals surface area (Å²) in [6.45, 7) is 4.60. The van der Waals surface area contributed by atoms with E-state index >= 15 is 0 Å². The Morgan fingerprint density at radius 2 is 2.28 bits per heavy atom. The number of rotatable bonds is 4. The lowest BCUT2D eigenvalue weighted by Gasteiger charge is -2.06. The third kappa shape index (κ3) is 2.59. The van der Waals surface area contributed by atoms with Crippen molar-refractivity contribution >= 4 is 16.5 Å². The molecule has 0 radical (unpaired) electrons. The normalized spacial score (nSPS) is 10.8. The highest BCUT2D eigenvalue weighted by molar-refractivity contribution is 7.13. The van der Waals surface area contributed by atoms with Crippen LogP contribution in [0.15, 0.2) is 16.2 Å². The van der Waals surface area contributed by atoms with E-state index in [9.17, 15) is 4.79 Å². The molecule has 0 saturated heterocycles. The van der Waals surface area contributed by atoms with Crippen molar-refractivity contribution in [1.82, 2.24) is 14.8 Å². The zero-order valence-electron chi connectivity index (χ0n) is 10.5. The first-order valence-electron chi connectivity index (χ1n) is 5.92. The van der Waals surface area contributed by atoms with Crippen LogP contribution in [0.3, 0.4) is 0 Å². The molecule has 6 heteroatoms. The van der Waals surface area contributed by atoms with Gasteiger partial charge in [-0.15, -0.1) is 11.3 Å². The highest BCUT2D eigenvalue weighted by atomic mass is 32.1. The first-order valence-corrected chi connectivity index (χ1v) is 6.80. The summed E-state index contributed by atoms with van der Waals surface area (Å²) >= 11 is 1.34. The molecule has 0 bridgehead atoms. The van der Waals surface area contributed by atoms with Crippen LogP contribution in [0.1, 0.15) is 25.5 Å². The van der Waals surface area contributed by atoms with Gasteiger partial charge >= 0.3 is 0 Å². The second-order valence-electron chi connectivity index (χ2n) is 4.15. The monoisotopic (exact) mass is 264 g/mol. The zero-order chi connectivity index (χ0) is 13.1. The maximum atomic E-state index is 12.3. The Balaban J connectivity index is 2.48. The van der Waals surface area contributed by atoms with Gasteiger partial charge in [0.05, 0.1) is 17.0 Å². The number of hydrogen-bond donors (Lipinski definition) is 1. The third-order valence-corrected chi connectivity index (χ3v) is 3.29. The molecule has 2 aromatic heterocycles. The summed E-state index contributed by atoms with van der Waals surface area (Å²) in [5.74, 6) is 0. The number of nitrogen functional groups attached to an aromatic ring is 1. The summed E-state index contributed by atoms with van der Waals surface area (Å²) in [6, 6.07) is 1.76. The van der Waals surface area contributed by atoms with Crippen molar-refractivity contribution in [2.45, 2.75) is 33.2 Å². The summed E-state index contributed by atoms with van der Waals surface area (Å²) in [7, 11) is 0. The molecule has 0 atom stereocenters. The van der Waals surface area contributed by atoms with E-state index in [0.717, 1.165) is 18.5 Å². The first kappa shape index (κ1) is 12.8. The minimum Gasteiger partial charge on any atom is -0.375 e. The van der Waals surface area contributed by atoms with E-state index in [2.05, 4.69) is 17.0 Å². The molecule has 2 N–H and O–H groups in total. The van der Waals surface area contributed by atoms with E-state index in [1.165, 1.54) is 16.0 Å². The summed E-state index contributed by atoms with van der Waals surface area (Å²) in [6.07, 6.45) is 1.97. The van der Waals surface area contributed by atoms with Gasteiger partial charge in [-0.3, -0.25) is 4.79 Å². The van der Waals surface area contributed by atoms with E-state index in [1.54, 1.807) is 11.4 Å². The number of hydrogen-bond acceptors (Lipinski definition) is 5. The molecule has 0 aliphatic heterocycles. The predicted molar refractivity (Wildman–Crippen MR) is 73.7 cm³/mol. The number of aryl methyl sites for hydroxylation is 2. The van der Waals surface area contributed by atoms with Crippen LogP contribution in [-0.2, 0) is 6.54 Å². The Morgan fingerprint density at radius 1 is 1.50 bits per heavy atom. The number of aromatic nitrogens is 3. The molecule has 0 amide bonds. The SMILES string of the molecule is CCCCn1nc(C)cc(-c2csc(N)n2)c1=O. The number of nitrogens with two attached hydrogens (primary N) is 1. The van der Waals surface area contributed by atoms with Crippen molar-refractivity contribution in [2.75, 3.05) is 5.73 Å². The lowest BCUT2D eigenvalue weighted by Crippen LogP contribution is -2.25. The molecular weight excluding hydrogens is 248 g/mol. The van der Waals surface area contributed by atoms with Gasteiger partial charge in [0.2, 0.25) is 0 Å². The highest BCUT2D eigenvalue weighted by Crippen LogP contribution is 2.20. The highest BCUT2D eigenvalue weighted by Gasteiger charge is 2.11. The number of unbranched alkanes of at least 4 members (excludes halogenated alkanes) is 1. The van der Waals surface area contributed by atoms with Crippen molar-refractivity contribution in [3.63, 3.8) is 0 Å².